The fourth-order valence-corrected chi connectivity index (χ4v) is 3.08. The molecule has 1 heterocycles. The van der Waals surface area contributed by atoms with Crippen molar-refractivity contribution in [2.45, 2.75) is 20.0 Å². The predicted octanol–water partition coefficient (Wildman–Crippen LogP) is 5.09. The second-order valence-corrected chi connectivity index (χ2v) is 6.52. The lowest BCUT2D eigenvalue weighted by Gasteiger charge is -2.26. The van der Waals surface area contributed by atoms with E-state index in [0.717, 1.165) is 28.5 Å². The summed E-state index contributed by atoms with van der Waals surface area (Å²) in [4.78, 5) is 2.04. The molecule has 146 valence electrons. The molecule has 3 aromatic rings. The molecule has 28 heavy (non-hydrogen) atoms. The van der Waals surface area contributed by atoms with Crippen LogP contribution in [0.5, 0.6) is 11.5 Å². The first-order valence-corrected chi connectivity index (χ1v) is 9.53. The normalized spacial score (nSPS) is 10.4. The van der Waals surface area contributed by atoms with Gasteiger partial charge in [0.15, 0.2) is 5.11 Å². The van der Waals surface area contributed by atoms with Crippen molar-refractivity contribution < 1.29 is 13.9 Å². The Bertz CT molecular complexity index is 879. The van der Waals surface area contributed by atoms with Crippen LogP contribution in [0.2, 0.25) is 0 Å². The Morgan fingerprint density at radius 3 is 2.50 bits per heavy atom. The number of hydrogen-bond acceptors (Lipinski definition) is 4. The topological polar surface area (TPSA) is 46.9 Å². The molecule has 0 fully saturated rings. The van der Waals surface area contributed by atoms with Gasteiger partial charge in [-0.05, 0) is 61.6 Å². The lowest BCUT2D eigenvalue weighted by Crippen LogP contribution is -2.33. The molecule has 0 aliphatic rings. The summed E-state index contributed by atoms with van der Waals surface area (Å²) >= 11 is 5.69. The third-order valence-corrected chi connectivity index (χ3v) is 4.54. The first-order chi connectivity index (χ1) is 13.7. The highest BCUT2D eigenvalue weighted by Gasteiger charge is 2.15. The zero-order chi connectivity index (χ0) is 19.8. The fraction of sp³-hybridized carbons (Fsp3) is 0.227. The molecule has 1 aromatic heterocycles. The van der Waals surface area contributed by atoms with Crippen LogP contribution >= 0.6 is 12.2 Å². The average molecular weight is 397 g/mol. The van der Waals surface area contributed by atoms with Gasteiger partial charge in [-0.3, -0.25) is 0 Å². The van der Waals surface area contributed by atoms with E-state index >= 15 is 0 Å². The molecule has 0 bridgehead atoms. The lowest BCUT2D eigenvalue weighted by atomic mass is 10.2. The molecule has 0 saturated carbocycles. The lowest BCUT2D eigenvalue weighted by molar-refractivity contribution is 0.340. The van der Waals surface area contributed by atoms with Crippen molar-refractivity contribution in [1.29, 1.82) is 0 Å². The number of hydrogen-bond donors (Lipinski definition) is 1. The van der Waals surface area contributed by atoms with Crippen molar-refractivity contribution >= 4 is 23.0 Å². The number of nitrogens with zero attached hydrogens (tertiary/aromatic N) is 1. The van der Waals surface area contributed by atoms with Gasteiger partial charge in [-0.1, -0.05) is 18.2 Å². The van der Waals surface area contributed by atoms with Crippen LogP contribution in [0.15, 0.2) is 71.3 Å². The summed E-state index contributed by atoms with van der Waals surface area (Å²) in [6.07, 6.45) is 1.67. The minimum atomic E-state index is 0.550. The van der Waals surface area contributed by atoms with Gasteiger partial charge in [0.1, 0.15) is 17.3 Å². The summed E-state index contributed by atoms with van der Waals surface area (Å²) in [5.41, 5.74) is 1.95. The van der Waals surface area contributed by atoms with Gasteiger partial charge in [0.05, 0.1) is 26.5 Å². The molecule has 1 N–H and O–H groups in total. The van der Waals surface area contributed by atoms with Crippen molar-refractivity contribution in [3.63, 3.8) is 0 Å². The number of furan rings is 1. The van der Waals surface area contributed by atoms with E-state index in [4.69, 9.17) is 26.1 Å². The zero-order valence-corrected chi connectivity index (χ0v) is 16.9. The SMILES string of the molecule is CCOc1ccc(NC(=S)N(Cc2ccco2)Cc2ccccc2OC)cc1. The fourth-order valence-electron chi connectivity index (χ4n) is 2.83. The van der Waals surface area contributed by atoms with E-state index in [2.05, 4.69) is 5.32 Å². The van der Waals surface area contributed by atoms with Gasteiger partial charge >= 0.3 is 0 Å². The zero-order valence-electron chi connectivity index (χ0n) is 16.1. The summed E-state index contributed by atoms with van der Waals surface area (Å²) in [5, 5.41) is 3.90. The maximum absolute atomic E-state index is 5.69. The van der Waals surface area contributed by atoms with Crippen molar-refractivity contribution in [1.82, 2.24) is 4.90 Å². The van der Waals surface area contributed by atoms with E-state index < -0.39 is 0 Å². The molecule has 0 aliphatic heterocycles. The Balaban J connectivity index is 1.76. The van der Waals surface area contributed by atoms with Crippen LogP contribution in [-0.4, -0.2) is 23.7 Å². The number of thiocarbonyl (C=S) groups is 1. The van der Waals surface area contributed by atoms with Gasteiger partial charge in [-0.2, -0.15) is 0 Å². The van der Waals surface area contributed by atoms with Gasteiger partial charge in [0.2, 0.25) is 0 Å². The van der Waals surface area contributed by atoms with E-state index in [1.165, 1.54) is 0 Å². The van der Waals surface area contributed by atoms with Crippen LogP contribution in [0, 0.1) is 0 Å². The molecule has 0 amide bonds. The Labute approximate surface area is 170 Å². The predicted molar refractivity (Wildman–Crippen MR) is 115 cm³/mol. The first kappa shape index (κ1) is 19.8. The van der Waals surface area contributed by atoms with Crippen LogP contribution in [0.4, 0.5) is 5.69 Å². The van der Waals surface area contributed by atoms with Crippen LogP contribution in [0.1, 0.15) is 18.2 Å². The van der Waals surface area contributed by atoms with Gasteiger partial charge in [-0.15, -0.1) is 0 Å². The minimum absolute atomic E-state index is 0.550. The van der Waals surface area contributed by atoms with Gasteiger partial charge < -0.3 is 24.1 Å². The quantitative estimate of drug-likeness (QED) is 0.536. The highest BCUT2D eigenvalue weighted by Crippen LogP contribution is 2.22. The molecular formula is C22H24N2O3S. The van der Waals surface area contributed by atoms with Crippen molar-refractivity contribution in [3.05, 3.63) is 78.3 Å². The Hall–Kier alpha value is -2.99. The molecule has 6 heteroatoms. The standard InChI is InChI=1S/C22H24N2O3S/c1-3-26-19-12-10-18(11-13-19)23-22(28)24(16-20-8-6-14-27-20)15-17-7-4-5-9-21(17)25-2/h4-14H,3,15-16H2,1-2H3,(H,23,28). The minimum Gasteiger partial charge on any atom is -0.496 e. The van der Waals surface area contributed by atoms with Gasteiger partial charge in [0, 0.05) is 17.8 Å². The summed E-state index contributed by atoms with van der Waals surface area (Å²) in [6, 6.07) is 19.5. The number of para-hydroxylation sites is 1. The number of methoxy groups -OCH3 is 1. The highest BCUT2D eigenvalue weighted by molar-refractivity contribution is 7.80. The third-order valence-electron chi connectivity index (χ3n) is 4.18. The van der Waals surface area contributed by atoms with Crippen LogP contribution < -0.4 is 14.8 Å². The van der Waals surface area contributed by atoms with Crippen LogP contribution in [0.3, 0.4) is 0 Å². The van der Waals surface area contributed by atoms with E-state index in [9.17, 15) is 0 Å². The number of benzene rings is 2. The Morgan fingerprint density at radius 2 is 1.82 bits per heavy atom. The maximum Gasteiger partial charge on any atom is 0.174 e. The molecular weight excluding hydrogens is 372 g/mol. The van der Waals surface area contributed by atoms with Gasteiger partial charge in [0.25, 0.3) is 0 Å². The molecule has 0 unspecified atom stereocenters. The smallest absolute Gasteiger partial charge is 0.174 e. The number of anilines is 1. The second kappa shape index (κ2) is 9.80. The van der Waals surface area contributed by atoms with Crippen molar-refractivity contribution in [2.24, 2.45) is 0 Å². The van der Waals surface area contributed by atoms with Gasteiger partial charge in [-0.25, -0.2) is 0 Å². The molecule has 2 aromatic carbocycles. The molecule has 3 rings (SSSR count). The molecule has 0 aliphatic carbocycles. The Kier molecular flexibility index (Phi) is 6.92. The first-order valence-electron chi connectivity index (χ1n) is 9.12. The second-order valence-electron chi connectivity index (χ2n) is 6.13. The van der Waals surface area contributed by atoms with E-state index in [1.54, 1.807) is 13.4 Å². The summed E-state index contributed by atoms with van der Waals surface area (Å²) in [6.45, 7) is 3.74. The van der Waals surface area contributed by atoms with E-state index in [1.807, 2.05) is 72.5 Å². The summed E-state index contributed by atoms with van der Waals surface area (Å²) in [7, 11) is 1.67. The number of nitrogens with one attached hydrogen (secondary N) is 1. The molecule has 0 saturated heterocycles. The van der Waals surface area contributed by atoms with E-state index in [0.29, 0.717) is 24.8 Å². The summed E-state index contributed by atoms with van der Waals surface area (Å²) in [5.74, 6) is 2.50. The van der Waals surface area contributed by atoms with E-state index in [-0.39, 0.29) is 0 Å². The average Bonchev–Trinajstić information content (AvgIpc) is 3.23. The van der Waals surface area contributed by atoms with Crippen molar-refractivity contribution in [3.8, 4) is 11.5 Å². The summed E-state index contributed by atoms with van der Waals surface area (Å²) < 4.78 is 16.5. The Morgan fingerprint density at radius 1 is 1.04 bits per heavy atom. The molecule has 0 radical (unpaired) electrons. The number of rotatable bonds is 8. The maximum atomic E-state index is 5.69. The highest BCUT2D eigenvalue weighted by atomic mass is 32.1. The number of ether oxygens (including phenoxy) is 2. The molecule has 0 spiro atoms. The molecule has 5 nitrogen and oxygen atoms in total. The van der Waals surface area contributed by atoms with Crippen molar-refractivity contribution in [2.75, 3.05) is 19.0 Å². The monoisotopic (exact) mass is 396 g/mol. The largest absolute Gasteiger partial charge is 0.496 e. The third kappa shape index (κ3) is 5.27. The van der Waals surface area contributed by atoms with Crippen LogP contribution in [-0.2, 0) is 13.1 Å². The van der Waals surface area contributed by atoms with Crippen LogP contribution in [0.25, 0.3) is 0 Å². The molecule has 0 atom stereocenters.